The van der Waals surface area contributed by atoms with Crippen LogP contribution in [-0.2, 0) is 5.54 Å². The van der Waals surface area contributed by atoms with Gasteiger partial charge in [-0.1, -0.05) is 25.0 Å². The van der Waals surface area contributed by atoms with Crippen molar-refractivity contribution in [1.29, 1.82) is 0 Å². The maximum atomic E-state index is 9.29. The number of hydrogen-bond donors (Lipinski definition) is 2. The summed E-state index contributed by atoms with van der Waals surface area (Å²) >= 11 is 0. The number of nitrogens with one attached hydrogen (secondary N) is 1. The predicted octanol–water partition coefficient (Wildman–Crippen LogP) is 2.52. The molecule has 0 spiro atoms. The molecule has 2 aliphatic heterocycles. The van der Waals surface area contributed by atoms with Crippen molar-refractivity contribution in [2.45, 2.75) is 43.7 Å². The second-order valence-corrected chi connectivity index (χ2v) is 4.92. The summed E-state index contributed by atoms with van der Waals surface area (Å²) in [5, 5.41) is 13.0. The highest BCUT2D eigenvalue weighted by Gasteiger charge is 2.45. The fourth-order valence-electron chi connectivity index (χ4n) is 3.08. The highest BCUT2D eigenvalue weighted by molar-refractivity contribution is 5.33. The van der Waals surface area contributed by atoms with Crippen molar-refractivity contribution in [3.63, 3.8) is 0 Å². The lowest BCUT2D eigenvalue weighted by Crippen LogP contribution is -2.59. The van der Waals surface area contributed by atoms with Gasteiger partial charge in [0.25, 0.3) is 0 Å². The Morgan fingerprint density at radius 3 is 2.67 bits per heavy atom. The Hall–Kier alpha value is -1.02. The predicted molar refractivity (Wildman–Crippen MR) is 59.8 cm³/mol. The summed E-state index contributed by atoms with van der Waals surface area (Å²) in [5.74, 6) is 0.361. The molecule has 80 valence electrons. The minimum atomic E-state index is 0.231. The lowest BCUT2D eigenvalue weighted by atomic mass is 9.75. The lowest BCUT2D eigenvalue weighted by molar-refractivity contribution is 0.138. The van der Waals surface area contributed by atoms with E-state index < -0.39 is 0 Å². The molecule has 0 aromatic heterocycles. The third-order valence-corrected chi connectivity index (χ3v) is 3.90. The van der Waals surface area contributed by atoms with Crippen LogP contribution in [0.2, 0.25) is 0 Å². The highest BCUT2D eigenvalue weighted by atomic mass is 16.3. The van der Waals surface area contributed by atoms with E-state index in [4.69, 9.17) is 0 Å². The van der Waals surface area contributed by atoms with Crippen LogP contribution < -0.4 is 5.32 Å². The summed E-state index contributed by atoms with van der Waals surface area (Å²) < 4.78 is 0. The Bertz CT molecular complexity index is 346. The first kappa shape index (κ1) is 9.22. The van der Waals surface area contributed by atoms with Gasteiger partial charge >= 0.3 is 0 Å². The van der Waals surface area contributed by atoms with Crippen molar-refractivity contribution in [3.05, 3.63) is 29.8 Å². The van der Waals surface area contributed by atoms with Gasteiger partial charge in [0, 0.05) is 11.6 Å². The smallest absolute Gasteiger partial charge is 0.115 e. The molecular formula is C13H17NO. The molecule has 0 radical (unpaired) electrons. The first-order chi connectivity index (χ1) is 7.28. The van der Waals surface area contributed by atoms with E-state index in [1.54, 1.807) is 12.1 Å². The normalized spacial score (nSPS) is 34.3. The third-order valence-electron chi connectivity index (χ3n) is 3.90. The third kappa shape index (κ3) is 1.44. The van der Waals surface area contributed by atoms with E-state index in [1.807, 2.05) is 0 Å². The molecule has 2 unspecified atom stereocenters. The molecule has 3 fully saturated rings. The first-order valence-electron chi connectivity index (χ1n) is 5.86. The summed E-state index contributed by atoms with van der Waals surface area (Å²) in [7, 11) is 0. The summed E-state index contributed by atoms with van der Waals surface area (Å²) in [6.07, 6.45) is 6.54. The van der Waals surface area contributed by atoms with E-state index >= 15 is 0 Å². The Morgan fingerprint density at radius 1 is 1.20 bits per heavy atom. The van der Waals surface area contributed by atoms with Gasteiger partial charge in [0.2, 0.25) is 0 Å². The van der Waals surface area contributed by atoms with Crippen molar-refractivity contribution in [2.75, 3.05) is 0 Å². The summed E-state index contributed by atoms with van der Waals surface area (Å²) in [6, 6.07) is 8.45. The molecule has 1 aromatic rings. The number of phenols is 1. The quantitative estimate of drug-likeness (QED) is 0.735. The lowest BCUT2D eigenvalue weighted by Gasteiger charge is -2.48. The molecule has 15 heavy (non-hydrogen) atoms. The number of rotatable bonds is 1. The van der Waals surface area contributed by atoms with Crippen LogP contribution in [0, 0.1) is 0 Å². The van der Waals surface area contributed by atoms with Crippen molar-refractivity contribution in [1.82, 2.24) is 5.32 Å². The molecule has 0 amide bonds. The van der Waals surface area contributed by atoms with Crippen molar-refractivity contribution in [2.24, 2.45) is 0 Å². The SMILES string of the molecule is Oc1ccc(C23CCCCC(C2)N3)cc1. The van der Waals surface area contributed by atoms with Crippen molar-refractivity contribution in [3.8, 4) is 5.75 Å². The topological polar surface area (TPSA) is 32.3 Å². The average Bonchev–Trinajstić information content (AvgIpc) is 2.51. The molecular weight excluding hydrogens is 186 g/mol. The monoisotopic (exact) mass is 203 g/mol. The Balaban J connectivity index is 1.89. The molecule has 4 rings (SSSR count). The summed E-state index contributed by atoms with van der Waals surface area (Å²) in [5.41, 5.74) is 1.58. The molecule has 2 N–H and O–H groups in total. The molecule has 1 aromatic carbocycles. The van der Waals surface area contributed by atoms with E-state index in [1.165, 1.54) is 37.7 Å². The van der Waals surface area contributed by atoms with Crippen LogP contribution in [0.15, 0.2) is 24.3 Å². The van der Waals surface area contributed by atoms with Crippen LogP contribution in [0.4, 0.5) is 0 Å². The second kappa shape index (κ2) is 3.24. The fraction of sp³-hybridized carbons (Fsp3) is 0.538. The maximum Gasteiger partial charge on any atom is 0.115 e. The summed E-state index contributed by atoms with van der Waals surface area (Å²) in [6.45, 7) is 0. The van der Waals surface area contributed by atoms with Crippen LogP contribution in [-0.4, -0.2) is 11.1 Å². The number of benzene rings is 1. The van der Waals surface area contributed by atoms with E-state index in [0.29, 0.717) is 5.75 Å². The van der Waals surface area contributed by atoms with Gasteiger partial charge in [-0.25, -0.2) is 0 Å². The minimum absolute atomic E-state index is 0.231. The number of aromatic hydroxyl groups is 1. The van der Waals surface area contributed by atoms with Gasteiger partial charge in [-0.3, -0.25) is 0 Å². The summed E-state index contributed by atoms with van der Waals surface area (Å²) in [4.78, 5) is 0. The molecule has 3 aliphatic rings. The van der Waals surface area contributed by atoms with Crippen LogP contribution in [0.5, 0.6) is 5.75 Å². The highest BCUT2D eigenvalue weighted by Crippen LogP contribution is 2.44. The van der Waals surface area contributed by atoms with Gasteiger partial charge in [-0.05, 0) is 37.0 Å². The van der Waals surface area contributed by atoms with Crippen LogP contribution in [0.1, 0.15) is 37.7 Å². The number of fused-ring (bicyclic) bond motifs is 3. The van der Waals surface area contributed by atoms with E-state index in [2.05, 4.69) is 17.4 Å². The van der Waals surface area contributed by atoms with Gasteiger partial charge in [0.05, 0.1) is 0 Å². The zero-order valence-corrected chi connectivity index (χ0v) is 8.87. The van der Waals surface area contributed by atoms with Gasteiger partial charge in [-0.2, -0.15) is 0 Å². The molecule has 2 heterocycles. The minimum Gasteiger partial charge on any atom is -0.508 e. The van der Waals surface area contributed by atoms with Crippen LogP contribution in [0.25, 0.3) is 0 Å². The molecule has 2 bridgehead atoms. The zero-order chi connectivity index (χ0) is 10.3. The standard InChI is InChI=1S/C13H17NO/c15-12-6-4-10(5-7-12)13-8-2-1-3-11(9-13)14-13/h4-7,11,14-15H,1-3,8-9H2. The molecule has 2 heteroatoms. The molecule has 2 atom stereocenters. The Morgan fingerprint density at radius 2 is 1.93 bits per heavy atom. The Labute approximate surface area is 90.3 Å². The average molecular weight is 203 g/mol. The second-order valence-electron chi connectivity index (χ2n) is 4.92. The van der Waals surface area contributed by atoms with Gasteiger partial charge in [0.1, 0.15) is 5.75 Å². The molecule has 1 aliphatic carbocycles. The van der Waals surface area contributed by atoms with Gasteiger partial charge < -0.3 is 10.4 Å². The van der Waals surface area contributed by atoms with Gasteiger partial charge in [-0.15, -0.1) is 0 Å². The number of hydrogen-bond acceptors (Lipinski definition) is 2. The van der Waals surface area contributed by atoms with Crippen LogP contribution in [0.3, 0.4) is 0 Å². The van der Waals surface area contributed by atoms with Crippen molar-refractivity contribution < 1.29 is 5.11 Å². The maximum absolute atomic E-state index is 9.29. The fourth-order valence-corrected chi connectivity index (χ4v) is 3.08. The van der Waals surface area contributed by atoms with Crippen molar-refractivity contribution >= 4 is 0 Å². The molecule has 2 saturated heterocycles. The Kier molecular flexibility index (Phi) is 1.99. The first-order valence-corrected chi connectivity index (χ1v) is 5.86. The van der Waals surface area contributed by atoms with E-state index in [-0.39, 0.29) is 5.54 Å². The van der Waals surface area contributed by atoms with Gasteiger partial charge in [0.15, 0.2) is 0 Å². The molecule has 2 nitrogen and oxygen atoms in total. The van der Waals surface area contributed by atoms with E-state index in [9.17, 15) is 5.11 Å². The van der Waals surface area contributed by atoms with Crippen LogP contribution >= 0.6 is 0 Å². The molecule has 1 saturated carbocycles. The largest absolute Gasteiger partial charge is 0.508 e. The zero-order valence-electron chi connectivity index (χ0n) is 8.87. The number of phenolic OH excluding ortho intramolecular Hbond substituents is 1. The van der Waals surface area contributed by atoms with E-state index in [0.717, 1.165) is 6.04 Å².